The highest BCUT2D eigenvalue weighted by atomic mass is 16.2. The molecule has 0 unspecified atom stereocenters. The highest BCUT2D eigenvalue weighted by Gasteiger charge is 2.08. The third kappa shape index (κ3) is 3.93. The average molecular weight is 282 g/mol. The number of amides is 1. The van der Waals surface area contributed by atoms with Gasteiger partial charge in [-0.15, -0.1) is 0 Å². The zero-order valence-electron chi connectivity index (χ0n) is 12.2. The lowest BCUT2D eigenvalue weighted by molar-refractivity contribution is 0.242. The van der Waals surface area contributed by atoms with Gasteiger partial charge in [0.1, 0.15) is 6.33 Å². The number of carbonyl (C=O) groups is 1. The van der Waals surface area contributed by atoms with E-state index in [1.54, 1.807) is 18.3 Å². The highest BCUT2D eigenvalue weighted by Crippen LogP contribution is 2.17. The third-order valence-electron chi connectivity index (χ3n) is 3.12. The van der Waals surface area contributed by atoms with Crippen molar-refractivity contribution in [1.29, 1.82) is 5.26 Å². The lowest BCUT2D eigenvalue weighted by Gasteiger charge is -2.06. The van der Waals surface area contributed by atoms with Crippen LogP contribution in [0.1, 0.15) is 25.8 Å². The van der Waals surface area contributed by atoms with Crippen LogP contribution in [0.4, 0.5) is 4.79 Å². The molecule has 0 saturated carbocycles. The summed E-state index contributed by atoms with van der Waals surface area (Å²) in [5, 5.41) is 11.6. The third-order valence-corrected chi connectivity index (χ3v) is 3.12. The molecule has 0 aliphatic heterocycles. The molecular formula is C16H18N4O. The molecular weight excluding hydrogens is 264 g/mol. The Kier molecular flexibility index (Phi) is 4.72. The van der Waals surface area contributed by atoms with E-state index in [9.17, 15) is 4.79 Å². The first kappa shape index (κ1) is 14.8. The van der Waals surface area contributed by atoms with Gasteiger partial charge < -0.3 is 5.32 Å². The van der Waals surface area contributed by atoms with Crippen LogP contribution >= 0.6 is 0 Å². The number of carbonyl (C=O) groups excluding carboxylic acids is 1. The van der Waals surface area contributed by atoms with Crippen molar-refractivity contribution in [2.24, 2.45) is 5.92 Å². The molecule has 1 aromatic heterocycles. The topological polar surface area (TPSA) is 70.7 Å². The van der Waals surface area contributed by atoms with Crippen molar-refractivity contribution in [3.63, 3.8) is 0 Å². The van der Waals surface area contributed by atoms with Crippen molar-refractivity contribution in [1.82, 2.24) is 14.9 Å². The first-order valence-electron chi connectivity index (χ1n) is 6.93. The predicted molar refractivity (Wildman–Crippen MR) is 80.6 cm³/mol. The minimum Gasteiger partial charge on any atom is -0.337 e. The summed E-state index contributed by atoms with van der Waals surface area (Å²) in [7, 11) is 0. The molecule has 0 aliphatic rings. The maximum absolute atomic E-state index is 11.9. The number of nitrogens with zero attached hydrogens (tertiary/aromatic N) is 3. The Bertz CT molecular complexity index is 650. The van der Waals surface area contributed by atoms with Gasteiger partial charge in [-0.05, 0) is 24.5 Å². The maximum Gasteiger partial charge on any atom is 0.326 e. The monoisotopic (exact) mass is 282 g/mol. The van der Waals surface area contributed by atoms with Gasteiger partial charge in [0.15, 0.2) is 0 Å². The molecule has 0 fully saturated rings. The van der Waals surface area contributed by atoms with Crippen LogP contribution in [0.25, 0.3) is 11.3 Å². The Balaban J connectivity index is 2.03. The molecule has 1 aromatic carbocycles. The molecule has 0 saturated heterocycles. The largest absolute Gasteiger partial charge is 0.337 e. The lowest BCUT2D eigenvalue weighted by Crippen LogP contribution is -2.29. The second-order valence-electron chi connectivity index (χ2n) is 5.27. The van der Waals surface area contributed by atoms with Gasteiger partial charge >= 0.3 is 6.03 Å². The Morgan fingerprint density at radius 1 is 1.38 bits per heavy atom. The summed E-state index contributed by atoms with van der Waals surface area (Å²) in [5.41, 5.74) is 2.19. The molecule has 0 bridgehead atoms. The minimum absolute atomic E-state index is 0.178. The number of rotatable bonds is 4. The van der Waals surface area contributed by atoms with Crippen molar-refractivity contribution in [2.45, 2.75) is 20.3 Å². The van der Waals surface area contributed by atoms with Crippen LogP contribution < -0.4 is 5.32 Å². The first-order chi connectivity index (χ1) is 10.1. The van der Waals surface area contributed by atoms with E-state index in [-0.39, 0.29) is 6.03 Å². The standard InChI is InChI=1S/C16H18N4O/c1-12(2)7-8-18-16(21)20-10-15(19-11-20)14-5-3-13(9-17)4-6-14/h3-6,10-12H,7-8H2,1-2H3,(H,18,21). The predicted octanol–water partition coefficient (Wildman–Crippen LogP) is 3.03. The van der Waals surface area contributed by atoms with Crippen molar-refractivity contribution in [2.75, 3.05) is 6.54 Å². The average Bonchev–Trinajstić information content (AvgIpc) is 2.97. The SMILES string of the molecule is CC(C)CCNC(=O)n1cnc(-c2ccc(C#N)cc2)c1. The second-order valence-corrected chi connectivity index (χ2v) is 5.27. The van der Waals surface area contributed by atoms with Crippen molar-refractivity contribution < 1.29 is 4.79 Å². The molecule has 0 spiro atoms. The quantitative estimate of drug-likeness (QED) is 0.937. The van der Waals surface area contributed by atoms with E-state index in [2.05, 4.69) is 30.2 Å². The zero-order chi connectivity index (χ0) is 15.2. The Morgan fingerprint density at radius 2 is 2.10 bits per heavy atom. The highest BCUT2D eigenvalue weighted by molar-refractivity contribution is 5.77. The molecule has 1 heterocycles. The van der Waals surface area contributed by atoms with E-state index in [1.165, 1.54) is 10.9 Å². The summed E-state index contributed by atoms with van der Waals surface area (Å²) in [6, 6.07) is 9.00. The molecule has 1 N–H and O–H groups in total. The number of nitriles is 1. The Labute approximate surface area is 124 Å². The summed E-state index contributed by atoms with van der Waals surface area (Å²) in [6.07, 6.45) is 4.13. The normalized spacial score (nSPS) is 10.4. The number of nitrogens with one attached hydrogen (secondary N) is 1. The molecule has 5 heteroatoms. The summed E-state index contributed by atoms with van der Waals surface area (Å²) >= 11 is 0. The van der Waals surface area contributed by atoms with Crippen molar-refractivity contribution in [3.8, 4) is 17.3 Å². The van der Waals surface area contributed by atoms with E-state index in [1.807, 2.05) is 12.1 Å². The number of hydrogen-bond donors (Lipinski definition) is 1. The van der Waals surface area contributed by atoms with Crippen LogP contribution in [0.3, 0.4) is 0 Å². The van der Waals surface area contributed by atoms with Gasteiger partial charge in [-0.3, -0.25) is 4.57 Å². The molecule has 0 aliphatic carbocycles. The van der Waals surface area contributed by atoms with Crippen molar-refractivity contribution in [3.05, 3.63) is 42.4 Å². The zero-order valence-corrected chi connectivity index (χ0v) is 12.2. The number of benzene rings is 1. The van der Waals surface area contributed by atoms with E-state index in [0.29, 0.717) is 23.7 Å². The van der Waals surface area contributed by atoms with Crippen LogP contribution in [0.2, 0.25) is 0 Å². The molecule has 108 valence electrons. The fourth-order valence-electron chi connectivity index (χ4n) is 1.86. The van der Waals surface area contributed by atoms with Crippen LogP contribution in [0.15, 0.2) is 36.8 Å². The fourth-order valence-corrected chi connectivity index (χ4v) is 1.86. The Morgan fingerprint density at radius 3 is 2.71 bits per heavy atom. The second kappa shape index (κ2) is 6.71. The molecule has 21 heavy (non-hydrogen) atoms. The van der Waals surface area contributed by atoms with E-state index in [0.717, 1.165) is 12.0 Å². The van der Waals surface area contributed by atoms with E-state index >= 15 is 0 Å². The Hall–Kier alpha value is -2.61. The molecule has 2 rings (SSSR count). The fraction of sp³-hybridized carbons (Fsp3) is 0.312. The van der Waals surface area contributed by atoms with Gasteiger partial charge in [-0.25, -0.2) is 9.78 Å². The summed E-state index contributed by atoms with van der Waals surface area (Å²) < 4.78 is 1.44. The minimum atomic E-state index is -0.178. The molecule has 0 atom stereocenters. The molecule has 0 radical (unpaired) electrons. The van der Waals surface area contributed by atoms with Crippen LogP contribution in [0, 0.1) is 17.2 Å². The van der Waals surface area contributed by atoms with Crippen LogP contribution in [0.5, 0.6) is 0 Å². The van der Waals surface area contributed by atoms with Gasteiger partial charge in [0, 0.05) is 18.3 Å². The maximum atomic E-state index is 11.9. The lowest BCUT2D eigenvalue weighted by atomic mass is 10.1. The summed E-state index contributed by atoms with van der Waals surface area (Å²) in [4.78, 5) is 16.2. The van der Waals surface area contributed by atoms with Gasteiger partial charge in [-0.2, -0.15) is 5.26 Å². The van der Waals surface area contributed by atoms with Gasteiger partial charge in [-0.1, -0.05) is 26.0 Å². The molecule has 1 amide bonds. The first-order valence-corrected chi connectivity index (χ1v) is 6.93. The van der Waals surface area contributed by atoms with Crippen LogP contribution in [-0.2, 0) is 0 Å². The molecule has 5 nitrogen and oxygen atoms in total. The van der Waals surface area contributed by atoms with Crippen LogP contribution in [-0.4, -0.2) is 22.1 Å². The summed E-state index contributed by atoms with van der Waals surface area (Å²) in [6.45, 7) is 4.89. The van der Waals surface area contributed by atoms with Crippen molar-refractivity contribution >= 4 is 6.03 Å². The number of hydrogen-bond acceptors (Lipinski definition) is 3. The number of aromatic nitrogens is 2. The van der Waals surface area contributed by atoms with Gasteiger partial charge in [0.2, 0.25) is 0 Å². The smallest absolute Gasteiger partial charge is 0.326 e. The molecule has 2 aromatic rings. The van der Waals surface area contributed by atoms with E-state index in [4.69, 9.17) is 5.26 Å². The van der Waals surface area contributed by atoms with E-state index < -0.39 is 0 Å². The number of imidazole rings is 1. The van der Waals surface area contributed by atoms with Gasteiger partial charge in [0.25, 0.3) is 0 Å². The van der Waals surface area contributed by atoms with Gasteiger partial charge in [0.05, 0.1) is 17.3 Å². The summed E-state index contributed by atoms with van der Waals surface area (Å²) in [5.74, 6) is 0.558.